The van der Waals surface area contributed by atoms with Crippen LogP contribution in [0.2, 0.25) is 0 Å². The van der Waals surface area contributed by atoms with Crippen molar-refractivity contribution in [2.75, 3.05) is 52.4 Å². The molecule has 0 aliphatic carbocycles. The van der Waals surface area contributed by atoms with Gasteiger partial charge in [-0.2, -0.15) is 0 Å². The molecule has 28 heavy (non-hydrogen) atoms. The Hall–Kier alpha value is -1.33. The third kappa shape index (κ3) is 6.08. The lowest BCUT2D eigenvalue weighted by molar-refractivity contribution is -0.133. The van der Waals surface area contributed by atoms with Crippen molar-refractivity contribution in [1.29, 1.82) is 0 Å². The highest BCUT2D eigenvalue weighted by molar-refractivity contribution is 5.76. The number of hydrogen-bond acceptors (Lipinski definition) is 4. The van der Waals surface area contributed by atoms with Crippen LogP contribution in [0.15, 0.2) is 16.5 Å². The van der Waals surface area contributed by atoms with Gasteiger partial charge in [0, 0.05) is 38.5 Å². The second kappa shape index (κ2) is 10.4. The Labute approximate surface area is 171 Å². The number of piperazine rings is 1. The van der Waals surface area contributed by atoms with Gasteiger partial charge in [0.25, 0.3) is 0 Å². The summed E-state index contributed by atoms with van der Waals surface area (Å²) in [6.45, 7) is 15.0. The topological polar surface area (TPSA) is 39.9 Å². The largest absolute Gasteiger partial charge is 0.466 e. The van der Waals surface area contributed by atoms with E-state index in [4.69, 9.17) is 4.42 Å². The van der Waals surface area contributed by atoms with Crippen LogP contribution >= 0.6 is 0 Å². The number of carbonyl (C=O) groups excluding carboxylic acids is 1. The Balaban J connectivity index is 1.29. The number of nitrogens with zero attached hydrogens (tertiary/aromatic N) is 3. The average Bonchev–Trinajstić information content (AvgIpc) is 3.17. The molecule has 0 N–H and O–H groups in total. The van der Waals surface area contributed by atoms with Crippen LogP contribution in [-0.2, 0) is 4.79 Å². The standard InChI is InChI=1S/C23H39N3O2/c1-4-24-15-17-26(18-16-24)23(27)8-6-21-10-13-25(14-11-21)12-9-19(2)22-7-5-20(3)28-22/h5,7,19,21H,4,6,8-18H2,1-3H3/t19-/m0/s1. The van der Waals surface area contributed by atoms with E-state index in [-0.39, 0.29) is 0 Å². The van der Waals surface area contributed by atoms with Crippen molar-refractivity contribution in [3.05, 3.63) is 23.7 Å². The molecule has 5 heteroatoms. The third-order valence-electron chi connectivity index (χ3n) is 6.77. The van der Waals surface area contributed by atoms with Crippen LogP contribution in [0.5, 0.6) is 0 Å². The van der Waals surface area contributed by atoms with Crippen LogP contribution in [0.1, 0.15) is 63.4 Å². The first kappa shape index (κ1) is 21.4. The molecule has 1 atom stereocenters. The molecule has 2 aliphatic rings. The summed E-state index contributed by atoms with van der Waals surface area (Å²) < 4.78 is 5.76. The molecular formula is C23H39N3O2. The SMILES string of the molecule is CCN1CCN(C(=O)CCC2CCN(CC[C@H](C)c3ccc(C)o3)CC2)CC1. The van der Waals surface area contributed by atoms with E-state index in [0.717, 1.165) is 76.0 Å². The number of carbonyl (C=O) groups is 1. The van der Waals surface area contributed by atoms with Crippen molar-refractivity contribution in [3.63, 3.8) is 0 Å². The summed E-state index contributed by atoms with van der Waals surface area (Å²) in [5.74, 6) is 3.70. The van der Waals surface area contributed by atoms with Gasteiger partial charge in [0.2, 0.25) is 5.91 Å². The Morgan fingerprint density at radius 3 is 2.43 bits per heavy atom. The molecule has 1 amide bonds. The Morgan fingerprint density at radius 1 is 1.11 bits per heavy atom. The summed E-state index contributed by atoms with van der Waals surface area (Å²) >= 11 is 0. The maximum Gasteiger partial charge on any atom is 0.222 e. The minimum Gasteiger partial charge on any atom is -0.466 e. The average molecular weight is 390 g/mol. The quantitative estimate of drug-likeness (QED) is 0.679. The molecule has 0 radical (unpaired) electrons. The fraction of sp³-hybridized carbons (Fsp3) is 0.783. The summed E-state index contributed by atoms with van der Waals surface area (Å²) in [6, 6.07) is 4.17. The highest BCUT2D eigenvalue weighted by atomic mass is 16.3. The number of piperidine rings is 1. The molecule has 0 aromatic carbocycles. The van der Waals surface area contributed by atoms with Crippen LogP contribution in [0, 0.1) is 12.8 Å². The molecule has 158 valence electrons. The molecule has 0 unspecified atom stereocenters. The molecule has 5 nitrogen and oxygen atoms in total. The summed E-state index contributed by atoms with van der Waals surface area (Å²) in [6.07, 6.45) is 5.45. The summed E-state index contributed by atoms with van der Waals surface area (Å²) in [5, 5.41) is 0. The Bertz CT molecular complexity index is 599. The van der Waals surface area contributed by atoms with Crippen LogP contribution in [0.25, 0.3) is 0 Å². The van der Waals surface area contributed by atoms with Crippen molar-refractivity contribution < 1.29 is 9.21 Å². The molecule has 1 aromatic heterocycles. The minimum absolute atomic E-state index is 0.376. The van der Waals surface area contributed by atoms with Crippen LogP contribution in [0.3, 0.4) is 0 Å². The first-order chi connectivity index (χ1) is 13.5. The lowest BCUT2D eigenvalue weighted by Crippen LogP contribution is -2.48. The molecule has 2 fully saturated rings. The Kier molecular flexibility index (Phi) is 7.98. The van der Waals surface area contributed by atoms with Gasteiger partial charge in [-0.3, -0.25) is 4.79 Å². The van der Waals surface area contributed by atoms with Gasteiger partial charge in [-0.15, -0.1) is 0 Å². The summed E-state index contributed by atoms with van der Waals surface area (Å²) in [7, 11) is 0. The number of amides is 1. The van der Waals surface area contributed by atoms with Crippen molar-refractivity contribution in [3.8, 4) is 0 Å². The zero-order valence-corrected chi connectivity index (χ0v) is 18.2. The second-order valence-corrected chi connectivity index (χ2v) is 8.78. The van der Waals surface area contributed by atoms with E-state index in [1.807, 2.05) is 6.92 Å². The number of likely N-dealkylation sites (tertiary alicyclic amines) is 1. The first-order valence-electron chi connectivity index (χ1n) is 11.3. The van der Waals surface area contributed by atoms with Gasteiger partial charge in [0.15, 0.2) is 0 Å². The van der Waals surface area contributed by atoms with E-state index in [1.54, 1.807) is 0 Å². The van der Waals surface area contributed by atoms with E-state index in [2.05, 4.69) is 40.7 Å². The number of hydrogen-bond donors (Lipinski definition) is 0. The second-order valence-electron chi connectivity index (χ2n) is 8.78. The lowest BCUT2D eigenvalue weighted by Gasteiger charge is -2.35. The van der Waals surface area contributed by atoms with Crippen molar-refractivity contribution in [2.24, 2.45) is 5.92 Å². The third-order valence-corrected chi connectivity index (χ3v) is 6.77. The summed E-state index contributed by atoms with van der Waals surface area (Å²) in [5.41, 5.74) is 0. The van der Waals surface area contributed by atoms with E-state index in [9.17, 15) is 4.79 Å². The van der Waals surface area contributed by atoms with Gasteiger partial charge in [-0.1, -0.05) is 13.8 Å². The van der Waals surface area contributed by atoms with Crippen molar-refractivity contribution >= 4 is 5.91 Å². The molecule has 2 aliphatic heterocycles. The molecule has 0 spiro atoms. The highest BCUT2D eigenvalue weighted by Crippen LogP contribution is 2.25. The van der Waals surface area contributed by atoms with Gasteiger partial charge in [-0.25, -0.2) is 0 Å². The van der Waals surface area contributed by atoms with Gasteiger partial charge in [0.1, 0.15) is 11.5 Å². The van der Waals surface area contributed by atoms with E-state index in [0.29, 0.717) is 11.8 Å². The predicted molar refractivity (Wildman–Crippen MR) is 114 cm³/mol. The lowest BCUT2D eigenvalue weighted by atomic mass is 9.91. The predicted octanol–water partition coefficient (Wildman–Crippen LogP) is 3.74. The van der Waals surface area contributed by atoms with E-state index in [1.165, 1.54) is 25.9 Å². The van der Waals surface area contributed by atoms with Crippen LogP contribution < -0.4 is 0 Å². The molecule has 0 bridgehead atoms. The van der Waals surface area contributed by atoms with E-state index < -0.39 is 0 Å². The highest BCUT2D eigenvalue weighted by Gasteiger charge is 2.23. The zero-order valence-electron chi connectivity index (χ0n) is 18.2. The number of rotatable bonds is 8. The normalized spacial score (nSPS) is 21.2. The number of likely N-dealkylation sites (N-methyl/N-ethyl adjacent to an activating group) is 1. The smallest absolute Gasteiger partial charge is 0.222 e. The van der Waals surface area contributed by atoms with Gasteiger partial charge >= 0.3 is 0 Å². The molecule has 2 saturated heterocycles. The van der Waals surface area contributed by atoms with Crippen LogP contribution in [-0.4, -0.2) is 73.0 Å². The minimum atomic E-state index is 0.376. The maximum absolute atomic E-state index is 12.5. The van der Waals surface area contributed by atoms with Gasteiger partial charge in [-0.05, 0) is 76.8 Å². The van der Waals surface area contributed by atoms with Crippen molar-refractivity contribution in [1.82, 2.24) is 14.7 Å². The maximum atomic E-state index is 12.5. The summed E-state index contributed by atoms with van der Waals surface area (Å²) in [4.78, 5) is 19.6. The van der Waals surface area contributed by atoms with Crippen molar-refractivity contribution in [2.45, 2.75) is 58.8 Å². The fourth-order valence-corrected chi connectivity index (χ4v) is 4.53. The van der Waals surface area contributed by atoms with E-state index >= 15 is 0 Å². The van der Waals surface area contributed by atoms with Gasteiger partial charge < -0.3 is 19.1 Å². The first-order valence-corrected chi connectivity index (χ1v) is 11.3. The molecule has 3 rings (SSSR count). The molecule has 3 heterocycles. The fourth-order valence-electron chi connectivity index (χ4n) is 4.53. The van der Waals surface area contributed by atoms with Gasteiger partial charge in [0.05, 0.1) is 0 Å². The number of furan rings is 1. The monoisotopic (exact) mass is 389 g/mol. The number of aryl methyl sites for hydroxylation is 1. The zero-order chi connectivity index (χ0) is 19.9. The molecule has 1 aromatic rings. The molecule has 0 saturated carbocycles. The Morgan fingerprint density at radius 2 is 1.82 bits per heavy atom. The van der Waals surface area contributed by atoms with Crippen LogP contribution in [0.4, 0.5) is 0 Å². The molecular weight excluding hydrogens is 350 g/mol.